The monoisotopic (exact) mass is 430 g/mol. The number of benzene rings is 2. The molecule has 0 radical (unpaired) electrons. The van der Waals surface area contributed by atoms with Crippen LogP contribution in [0.2, 0.25) is 0 Å². The van der Waals surface area contributed by atoms with Crippen molar-refractivity contribution >= 4 is 11.9 Å². The number of methoxy groups -OCH3 is 2. The van der Waals surface area contributed by atoms with Crippen molar-refractivity contribution in [1.82, 2.24) is 0 Å². The molecular formula is C22H22O9. The first kappa shape index (κ1) is 21.0. The zero-order valence-corrected chi connectivity index (χ0v) is 17.0. The molecule has 0 aromatic heterocycles. The van der Waals surface area contributed by atoms with Crippen molar-refractivity contribution in [2.24, 2.45) is 5.41 Å². The van der Waals surface area contributed by atoms with Crippen LogP contribution in [0, 0.1) is 5.41 Å². The summed E-state index contributed by atoms with van der Waals surface area (Å²) in [5, 5.41) is 18.9. The van der Waals surface area contributed by atoms with Crippen molar-refractivity contribution < 1.29 is 43.5 Å². The number of carbonyl (C=O) groups excluding carboxylic acids is 2. The maximum atomic E-state index is 12.1. The molecule has 0 bridgehead atoms. The summed E-state index contributed by atoms with van der Waals surface area (Å²) in [5.74, 6) is -0.380. The summed E-state index contributed by atoms with van der Waals surface area (Å²) in [5.41, 5.74) is 1.71. The molecule has 1 aliphatic heterocycles. The van der Waals surface area contributed by atoms with E-state index in [9.17, 15) is 19.8 Å². The third-order valence-electron chi connectivity index (χ3n) is 5.48. The Morgan fingerprint density at radius 1 is 1.13 bits per heavy atom. The Kier molecular flexibility index (Phi) is 5.47. The molecule has 1 heterocycles. The second-order valence-corrected chi connectivity index (χ2v) is 7.43. The molecule has 2 aromatic rings. The smallest absolute Gasteiger partial charge is 0.338 e. The zero-order valence-electron chi connectivity index (χ0n) is 17.0. The predicted molar refractivity (Wildman–Crippen MR) is 106 cm³/mol. The largest absolute Gasteiger partial charge is 0.493 e. The molecule has 9 nitrogen and oxygen atoms in total. The van der Waals surface area contributed by atoms with Gasteiger partial charge in [0, 0.05) is 11.1 Å². The highest BCUT2D eigenvalue weighted by Gasteiger charge is 2.52. The summed E-state index contributed by atoms with van der Waals surface area (Å²) in [6.45, 7) is -1.93. The summed E-state index contributed by atoms with van der Waals surface area (Å²) in [7, 11) is 2.73. The van der Waals surface area contributed by atoms with Gasteiger partial charge in [0.05, 0.1) is 19.8 Å². The van der Waals surface area contributed by atoms with Gasteiger partial charge in [-0.1, -0.05) is 6.07 Å². The molecule has 0 spiro atoms. The number of aliphatic hydroxyl groups excluding tert-OH is 1. The van der Waals surface area contributed by atoms with Crippen LogP contribution in [-0.4, -0.2) is 49.5 Å². The first-order valence-corrected chi connectivity index (χ1v) is 9.64. The summed E-state index contributed by atoms with van der Waals surface area (Å²) in [6, 6.07) is 8.50. The number of fused-ring (bicyclic) bond motifs is 1. The maximum absolute atomic E-state index is 12.1. The Bertz CT molecular complexity index is 1020. The normalized spacial score (nSPS) is 15.8. The molecule has 1 aliphatic carbocycles. The number of carbonyl (C=O) groups is 2. The minimum absolute atomic E-state index is 0.0181. The lowest BCUT2D eigenvalue weighted by Gasteiger charge is -2.21. The van der Waals surface area contributed by atoms with E-state index in [1.807, 2.05) is 0 Å². The molecule has 2 aliphatic rings. The molecule has 9 heteroatoms. The number of esters is 2. The van der Waals surface area contributed by atoms with E-state index in [0.717, 1.165) is 5.56 Å². The van der Waals surface area contributed by atoms with Gasteiger partial charge in [0.2, 0.25) is 5.75 Å². The van der Waals surface area contributed by atoms with Gasteiger partial charge in [0.15, 0.2) is 11.5 Å². The highest BCUT2D eigenvalue weighted by atomic mass is 16.7. The number of ether oxygens (including phenoxy) is 5. The highest BCUT2D eigenvalue weighted by Crippen LogP contribution is 2.50. The van der Waals surface area contributed by atoms with Gasteiger partial charge in [-0.25, -0.2) is 4.79 Å². The molecule has 2 aromatic carbocycles. The molecule has 0 atom stereocenters. The van der Waals surface area contributed by atoms with Crippen LogP contribution >= 0.6 is 0 Å². The summed E-state index contributed by atoms with van der Waals surface area (Å²) in [4.78, 5) is 23.9. The van der Waals surface area contributed by atoms with Crippen LogP contribution < -0.4 is 14.2 Å². The van der Waals surface area contributed by atoms with E-state index in [0.29, 0.717) is 29.5 Å². The van der Waals surface area contributed by atoms with Gasteiger partial charge in [0.25, 0.3) is 0 Å². The van der Waals surface area contributed by atoms with Gasteiger partial charge in [-0.15, -0.1) is 0 Å². The van der Waals surface area contributed by atoms with Crippen molar-refractivity contribution in [2.45, 2.75) is 25.9 Å². The van der Waals surface area contributed by atoms with Gasteiger partial charge < -0.3 is 33.9 Å². The lowest BCUT2D eigenvalue weighted by molar-refractivity contribution is -0.180. The van der Waals surface area contributed by atoms with Crippen LogP contribution in [0.3, 0.4) is 0 Å². The molecule has 1 saturated carbocycles. The first-order chi connectivity index (χ1) is 14.9. The minimum atomic E-state index is -2.12. The van der Waals surface area contributed by atoms with Gasteiger partial charge in [-0.2, -0.15) is 0 Å². The van der Waals surface area contributed by atoms with Gasteiger partial charge >= 0.3 is 18.4 Å². The van der Waals surface area contributed by atoms with E-state index in [-0.39, 0.29) is 42.4 Å². The third-order valence-corrected chi connectivity index (χ3v) is 5.48. The Morgan fingerprint density at radius 3 is 2.52 bits per heavy atom. The number of hydrogen-bond acceptors (Lipinski definition) is 9. The van der Waals surface area contributed by atoms with Crippen LogP contribution in [0.25, 0.3) is 11.1 Å². The van der Waals surface area contributed by atoms with Crippen LogP contribution in [0.1, 0.15) is 28.8 Å². The van der Waals surface area contributed by atoms with E-state index in [1.54, 1.807) is 30.3 Å². The van der Waals surface area contributed by atoms with E-state index in [1.165, 1.54) is 14.2 Å². The van der Waals surface area contributed by atoms with Gasteiger partial charge in [-0.3, -0.25) is 4.79 Å². The number of aliphatic hydroxyl groups is 2. The van der Waals surface area contributed by atoms with Crippen LogP contribution in [0.4, 0.5) is 0 Å². The van der Waals surface area contributed by atoms with E-state index in [2.05, 4.69) is 0 Å². The Hall–Kier alpha value is -3.30. The van der Waals surface area contributed by atoms with Gasteiger partial charge in [-0.05, 0) is 42.7 Å². The van der Waals surface area contributed by atoms with Crippen LogP contribution in [0.5, 0.6) is 17.2 Å². The van der Waals surface area contributed by atoms with Crippen molar-refractivity contribution in [1.29, 1.82) is 0 Å². The molecule has 4 rings (SSSR count). The first-order valence-electron chi connectivity index (χ1n) is 9.64. The number of rotatable bonds is 8. The summed E-state index contributed by atoms with van der Waals surface area (Å²) < 4.78 is 26.5. The summed E-state index contributed by atoms with van der Waals surface area (Å²) in [6.07, 6.45) is 1.24. The molecule has 164 valence electrons. The lowest BCUT2D eigenvalue weighted by atomic mass is 9.99. The molecule has 0 amide bonds. The minimum Gasteiger partial charge on any atom is -0.493 e. The second kappa shape index (κ2) is 8.09. The number of hydrogen-bond donors (Lipinski definition) is 2. The average Bonchev–Trinajstić information content (AvgIpc) is 3.47. The van der Waals surface area contributed by atoms with Crippen molar-refractivity contribution in [3.63, 3.8) is 0 Å². The van der Waals surface area contributed by atoms with E-state index in [4.69, 9.17) is 23.7 Å². The van der Waals surface area contributed by atoms with Crippen LogP contribution in [-0.2, 0) is 20.9 Å². The number of cyclic esters (lactones) is 1. The van der Waals surface area contributed by atoms with Gasteiger partial charge in [0.1, 0.15) is 18.6 Å². The maximum Gasteiger partial charge on any atom is 0.338 e. The Balaban J connectivity index is 1.77. The van der Waals surface area contributed by atoms with Crippen molar-refractivity contribution in [2.75, 3.05) is 20.8 Å². The fourth-order valence-corrected chi connectivity index (χ4v) is 3.58. The molecule has 1 fully saturated rings. The zero-order chi connectivity index (χ0) is 22.2. The molecule has 0 unspecified atom stereocenters. The molecule has 31 heavy (non-hydrogen) atoms. The fraction of sp³-hybridized carbons (Fsp3) is 0.364. The Labute approximate surface area is 178 Å². The van der Waals surface area contributed by atoms with E-state index < -0.39 is 11.9 Å². The fourth-order valence-electron chi connectivity index (χ4n) is 3.58. The molecule has 2 N–H and O–H groups in total. The van der Waals surface area contributed by atoms with Crippen LogP contribution in [0.15, 0.2) is 30.3 Å². The van der Waals surface area contributed by atoms with E-state index >= 15 is 0 Å². The second-order valence-electron chi connectivity index (χ2n) is 7.43. The predicted octanol–water partition coefficient (Wildman–Crippen LogP) is 2.01. The average molecular weight is 430 g/mol. The SMILES string of the molecule is COC(=O)C1(COc2c(-c3ccc4c(c3)COC4=O)ccc(OC)c2OC(O)O)CC1. The standard InChI is InChI=1S/C22H22O9/c1-27-16-6-5-14(12-3-4-15-13(9-12)10-29-19(15)23)17(18(16)31-21(25)26)30-11-22(7-8-22)20(24)28-2/h3-6,9,21,25-26H,7-8,10-11H2,1-2H3. The molecule has 0 saturated heterocycles. The van der Waals surface area contributed by atoms with Crippen molar-refractivity contribution in [3.05, 3.63) is 41.5 Å². The Morgan fingerprint density at radius 2 is 1.87 bits per heavy atom. The quantitative estimate of drug-likeness (QED) is 0.478. The lowest BCUT2D eigenvalue weighted by Crippen LogP contribution is -2.25. The highest BCUT2D eigenvalue weighted by molar-refractivity contribution is 5.94. The summed E-state index contributed by atoms with van der Waals surface area (Å²) >= 11 is 0. The topological polar surface area (TPSA) is 121 Å². The van der Waals surface area contributed by atoms with Crippen molar-refractivity contribution in [3.8, 4) is 28.4 Å². The third kappa shape index (κ3) is 3.89. The molecular weight excluding hydrogens is 408 g/mol.